The fourth-order valence-corrected chi connectivity index (χ4v) is 4.20. The minimum Gasteiger partial charge on any atom is -0.486 e. The quantitative estimate of drug-likeness (QED) is 0.437. The van der Waals surface area contributed by atoms with E-state index in [0.29, 0.717) is 47.7 Å². The van der Waals surface area contributed by atoms with Gasteiger partial charge in [0.25, 0.3) is 5.56 Å². The first kappa shape index (κ1) is 21.9. The molecule has 4 rings (SSSR count). The SMILES string of the molecule is CCCc1nc(SCC(=O)Nc2ccc3c(c2)OCCO3)c2c(=O)n(C)c(=O)n(C)c2n1. The van der Waals surface area contributed by atoms with E-state index in [1.54, 1.807) is 25.2 Å². The molecule has 1 aromatic carbocycles. The van der Waals surface area contributed by atoms with E-state index in [9.17, 15) is 14.4 Å². The van der Waals surface area contributed by atoms with Crippen LogP contribution in [0.2, 0.25) is 0 Å². The highest BCUT2D eigenvalue weighted by Gasteiger charge is 2.19. The van der Waals surface area contributed by atoms with E-state index in [4.69, 9.17) is 9.47 Å². The van der Waals surface area contributed by atoms with E-state index < -0.39 is 11.2 Å². The molecule has 3 aromatic rings. The van der Waals surface area contributed by atoms with E-state index in [-0.39, 0.29) is 22.7 Å². The second-order valence-corrected chi connectivity index (χ2v) is 8.26. The zero-order valence-corrected chi connectivity index (χ0v) is 18.8. The highest BCUT2D eigenvalue weighted by Crippen LogP contribution is 2.32. The minimum atomic E-state index is -0.485. The Morgan fingerprint density at radius 2 is 1.88 bits per heavy atom. The lowest BCUT2D eigenvalue weighted by Gasteiger charge is -2.19. The summed E-state index contributed by atoms with van der Waals surface area (Å²) in [7, 11) is 2.98. The number of hydrogen-bond donors (Lipinski definition) is 1. The predicted molar refractivity (Wildman–Crippen MR) is 121 cm³/mol. The third kappa shape index (κ3) is 4.20. The van der Waals surface area contributed by atoms with Gasteiger partial charge < -0.3 is 14.8 Å². The van der Waals surface area contributed by atoms with Gasteiger partial charge in [-0.05, 0) is 18.6 Å². The van der Waals surface area contributed by atoms with E-state index in [1.807, 2.05) is 6.92 Å². The van der Waals surface area contributed by atoms with Crippen LogP contribution >= 0.6 is 11.8 Å². The van der Waals surface area contributed by atoms with Crippen LogP contribution in [0.4, 0.5) is 5.69 Å². The molecule has 0 saturated heterocycles. The van der Waals surface area contributed by atoms with Crippen molar-refractivity contribution in [2.75, 3.05) is 24.3 Å². The lowest BCUT2D eigenvalue weighted by Crippen LogP contribution is -2.38. The Kier molecular flexibility index (Phi) is 6.17. The smallest absolute Gasteiger partial charge is 0.332 e. The average molecular weight is 458 g/mol. The van der Waals surface area contributed by atoms with E-state index >= 15 is 0 Å². The zero-order valence-electron chi connectivity index (χ0n) is 18.0. The summed E-state index contributed by atoms with van der Waals surface area (Å²) >= 11 is 1.14. The number of ether oxygens (including phenoxy) is 2. The number of nitrogens with zero attached hydrogens (tertiary/aromatic N) is 4. The number of hydrogen-bond acceptors (Lipinski definition) is 8. The van der Waals surface area contributed by atoms with Gasteiger partial charge in [0.15, 0.2) is 17.1 Å². The first-order valence-corrected chi connectivity index (χ1v) is 11.2. The summed E-state index contributed by atoms with van der Waals surface area (Å²) in [5, 5.41) is 3.43. The molecule has 32 heavy (non-hydrogen) atoms. The first-order valence-electron chi connectivity index (χ1n) is 10.2. The van der Waals surface area contributed by atoms with Crippen LogP contribution in [0.15, 0.2) is 32.8 Å². The lowest BCUT2D eigenvalue weighted by atomic mass is 10.2. The topological polar surface area (TPSA) is 117 Å². The number of nitrogens with one attached hydrogen (secondary N) is 1. The number of amides is 1. The molecule has 3 heterocycles. The summed E-state index contributed by atoms with van der Waals surface area (Å²) in [5.41, 5.74) is -0.0967. The number of aryl methyl sites for hydroxylation is 2. The van der Waals surface area contributed by atoms with Gasteiger partial charge in [-0.25, -0.2) is 14.8 Å². The van der Waals surface area contributed by atoms with E-state index in [2.05, 4.69) is 15.3 Å². The molecule has 0 atom stereocenters. The summed E-state index contributed by atoms with van der Waals surface area (Å²) in [4.78, 5) is 46.6. The molecule has 10 nitrogen and oxygen atoms in total. The monoisotopic (exact) mass is 457 g/mol. The molecule has 0 fully saturated rings. The van der Waals surface area contributed by atoms with Crippen LogP contribution < -0.4 is 26.0 Å². The first-order chi connectivity index (χ1) is 15.4. The van der Waals surface area contributed by atoms with Crippen molar-refractivity contribution < 1.29 is 14.3 Å². The highest BCUT2D eigenvalue weighted by atomic mass is 32.2. The van der Waals surface area contributed by atoms with Crippen LogP contribution in [0.5, 0.6) is 11.5 Å². The minimum absolute atomic E-state index is 0.0259. The molecule has 0 unspecified atom stereocenters. The maximum atomic E-state index is 12.8. The van der Waals surface area contributed by atoms with Gasteiger partial charge in [0.1, 0.15) is 29.5 Å². The second kappa shape index (κ2) is 9.03. The molecular formula is C21H23N5O5S. The number of aromatic nitrogens is 4. The van der Waals surface area contributed by atoms with Gasteiger partial charge in [0.2, 0.25) is 5.91 Å². The second-order valence-electron chi connectivity index (χ2n) is 7.29. The molecule has 1 aliphatic heterocycles. The van der Waals surface area contributed by atoms with Crippen LogP contribution in [-0.4, -0.2) is 44.0 Å². The van der Waals surface area contributed by atoms with Gasteiger partial charge >= 0.3 is 5.69 Å². The number of thioether (sulfide) groups is 1. The molecule has 0 saturated carbocycles. The van der Waals surface area contributed by atoms with Crippen LogP contribution in [-0.2, 0) is 25.3 Å². The third-order valence-electron chi connectivity index (χ3n) is 4.95. The summed E-state index contributed by atoms with van der Waals surface area (Å²) in [5.74, 6) is 1.51. The fourth-order valence-electron chi connectivity index (χ4n) is 3.36. The molecule has 11 heteroatoms. The predicted octanol–water partition coefficient (Wildman–Crippen LogP) is 1.48. The lowest BCUT2D eigenvalue weighted by molar-refractivity contribution is -0.113. The van der Waals surface area contributed by atoms with E-state index in [0.717, 1.165) is 22.7 Å². The van der Waals surface area contributed by atoms with Crippen molar-refractivity contribution in [3.8, 4) is 11.5 Å². The number of rotatable bonds is 6. The van der Waals surface area contributed by atoms with Gasteiger partial charge in [-0.3, -0.25) is 18.7 Å². The van der Waals surface area contributed by atoms with Gasteiger partial charge in [-0.2, -0.15) is 0 Å². The Balaban J connectivity index is 1.60. The Bertz CT molecular complexity index is 1320. The molecule has 2 aromatic heterocycles. The number of carbonyl (C=O) groups excluding carboxylic acids is 1. The van der Waals surface area contributed by atoms with Gasteiger partial charge in [0, 0.05) is 32.3 Å². The fraction of sp³-hybridized carbons (Fsp3) is 0.381. The van der Waals surface area contributed by atoms with Crippen molar-refractivity contribution >= 4 is 34.4 Å². The third-order valence-corrected chi connectivity index (χ3v) is 5.93. The summed E-state index contributed by atoms with van der Waals surface area (Å²) in [6.45, 7) is 2.94. The van der Waals surface area contributed by atoms with Crippen molar-refractivity contribution in [1.82, 2.24) is 19.1 Å². The largest absolute Gasteiger partial charge is 0.486 e. The molecule has 0 bridgehead atoms. The molecule has 0 aliphatic carbocycles. The number of carbonyl (C=O) groups is 1. The average Bonchev–Trinajstić information content (AvgIpc) is 2.79. The normalized spacial score (nSPS) is 12.7. The van der Waals surface area contributed by atoms with Gasteiger partial charge in [-0.15, -0.1) is 0 Å². The van der Waals surface area contributed by atoms with Crippen molar-refractivity contribution in [3.63, 3.8) is 0 Å². The van der Waals surface area contributed by atoms with Crippen molar-refractivity contribution in [2.45, 2.75) is 24.8 Å². The van der Waals surface area contributed by atoms with Crippen LogP contribution in [0, 0.1) is 0 Å². The van der Waals surface area contributed by atoms with Gasteiger partial charge in [0.05, 0.1) is 5.75 Å². The Labute approximate surface area is 187 Å². The molecular weight excluding hydrogens is 434 g/mol. The molecule has 1 N–H and O–H groups in total. The molecule has 1 aliphatic rings. The molecule has 168 valence electrons. The number of anilines is 1. The molecule has 1 amide bonds. The standard InChI is InChI=1S/C21H23N5O5S/c1-4-5-15-23-18-17(20(28)26(3)21(29)25(18)2)19(24-15)32-11-16(27)22-12-6-7-13-14(10-12)31-9-8-30-13/h6-7,10H,4-5,8-9,11H2,1-3H3,(H,22,27). The summed E-state index contributed by atoms with van der Waals surface area (Å²) < 4.78 is 13.4. The molecule has 0 spiro atoms. The number of benzene rings is 1. The molecule has 0 radical (unpaired) electrons. The van der Waals surface area contributed by atoms with Gasteiger partial charge in [-0.1, -0.05) is 18.7 Å². The Morgan fingerprint density at radius 1 is 1.12 bits per heavy atom. The summed E-state index contributed by atoms with van der Waals surface area (Å²) in [6, 6.07) is 5.19. The van der Waals surface area contributed by atoms with Crippen molar-refractivity contribution in [3.05, 3.63) is 44.9 Å². The van der Waals surface area contributed by atoms with Crippen LogP contribution in [0.25, 0.3) is 11.0 Å². The van der Waals surface area contributed by atoms with E-state index in [1.165, 1.54) is 11.6 Å². The summed E-state index contributed by atoms with van der Waals surface area (Å²) in [6.07, 6.45) is 1.40. The highest BCUT2D eigenvalue weighted by molar-refractivity contribution is 8.00. The maximum Gasteiger partial charge on any atom is 0.332 e. The Hall–Kier alpha value is -3.34. The van der Waals surface area contributed by atoms with Crippen LogP contribution in [0.1, 0.15) is 19.2 Å². The van der Waals surface area contributed by atoms with Crippen molar-refractivity contribution in [2.24, 2.45) is 14.1 Å². The zero-order chi connectivity index (χ0) is 22.8. The number of fused-ring (bicyclic) bond motifs is 2. The van der Waals surface area contributed by atoms with Crippen molar-refractivity contribution in [1.29, 1.82) is 0 Å². The van der Waals surface area contributed by atoms with Crippen LogP contribution in [0.3, 0.4) is 0 Å². The maximum absolute atomic E-state index is 12.8. The Morgan fingerprint density at radius 3 is 2.62 bits per heavy atom.